The van der Waals surface area contributed by atoms with Gasteiger partial charge in [0.2, 0.25) is 0 Å². The zero-order chi connectivity index (χ0) is 14.2. The van der Waals surface area contributed by atoms with Crippen LogP contribution in [-0.4, -0.2) is 53.5 Å². The molecule has 0 aromatic carbocycles. The van der Waals surface area contributed by atoms with Crippen molar-refractivity contribution >= 4 is 15.8 Å². The molecule has 0 saturated carbocycles. The third-order valence-electron chi connectivity index (χ3n) is 3.81. The molecule has 106 valence electrons. The molecule has 1 rings (SSSR count). The van der Waals surface area contributed by atoms with E-state index in [1.807, 2.05) is 0 Å². The van der Waals surface area contributed by atoms with E-state index < -0.39 is 26.1 Å². The van der Waals surface area contributed by atoms with Crippen LogP contribution >= 0.6 is 0 Å². The fourth-order valence-electron chi connectivity index (χ4n) is 2.16. The lowest BCUT2D eigenvalue weighted by molar-refractivity contribution is -0.148. The van der Waals surface area contributed by atoms with Crippen molar-refractivity contribution in [3.05, 3.63) is 0 Å². The van der Waals surface area contributed by atoms with Gasteiger partial charge in [0.25, 0.3) is 0 Å². The van der Waals surface area contributed by atoms with Gasteiger partial charge < -0.3 is 5.11 Å². The Hall–Kier alpha value is -0.620. The number of nitrogens with zero attached hydrogens (tertiary/aromatic N) is 1. The number of carboxylic acid groups (broad SMARTS) is 1. The molecule has 1 saturated heterocycles. The number of hydrogen-bond acceptors (Lipinski definition) is 4. The van der Waals surface area contributed by atoms with Gasteiger partial charge >= 0.3 is 5.97 Å². The molecule has 1 atom stereocenters. The minimum Gasteiger partial charge on any atom is -0.480 e. The highest BCUT2D eigenvalue weighted by Gasteiger charge is 2.43. The summed E-state index contributed by atoms with van der Waals surface area (Å²) < 4.78 is 23.2. The van der Waals surface area contributed by atoms with Crippen LogP contribution < -0.4 is 0 Å². The minimum atomic E-state index is -3.20. The second-order valence-electron chi connectivity index (χ2n) is 6.10. The predicted octanol–water partition coefficient (Wildman–Crippen LogP) is 1.14. The quantitative estimate of drug-likeness (QED) is 0.834. The molecule has 0 aromatic heterocycles. The highest BCUT2D eigenvalue weighted by atomic mass is 32.2. The van der Waals surface area contributed by atoms with Gasteiger partial charge in [-0.05, 0) is 47.1 Å². The molecule has 1 N–H and O–H groups in total. The first-order valence-corrected chi connectivity index (χ1v) is 7.87. The van der Waals surface area contributed by atoms with Crippen molar-refractivity contribution in [1.29, 1.82) is 0 Å². The van der Waals surface area contributed by atoms with E-state index in [0.717, 1.165) is 6.42 Å². The van der Waals surface area contributed by atoms with Crippen molar-refractivity contribution in [2.45, 2.75) is 50.8 Å². The normalized spacial score (nSPS) is 26.4. The Bertz CT molecular complexity index is 424. The Balaban J connectivity index is 2.73. The van der Waals surface area contributed by atoms with E-state index in [0.29, 0.717) is 19.5 Å². The monoisotopic (exact) mass is 277 g/mol. The molecule has 0 radical (unpaired) electrons. The summed E-state index contributed by atoms with van der Waals surface area (Å²) in [6.45, 7) is 7.63. The maximum Gasteiger partial charge on any atom is 0.323 e. The zero-order valence-corrected chi connectivity index (χ0v) is 12.4. The summed E-state index contributed by atoms with van der Waals surface area (Å²) >= 11 is 0. The van der Waals surface area contributed by atoms with E-state index in [1.54, 1.807) is 32.6 Å². The average molecular weight is 277 g/mol. The van der Waals surface area contributed by atoms with Crippen LogP contribution in [0.5, 0.6) is 0 Å². The molecular weight excluding hydrogens is 254 g/mol. The van der Waals surface area contributed by atoms with Crippen molar-refractivity contribution in [3.8, 4) is 0 Å². The standard InChI is InChI=1S/C12H23NO4S/c1-11(2,3)18(16,17)9-8-13-7-5-6-12(13,4)10(14)15/h5-9H2,1-4H3,(H,14,15). The lowest BCUT2D eigenvalue weighted by Gasteiger charge is -2.31. The third kappa shape index (κ3) is 2.85. The van der Waals surface area contributed by atoms with Crippen LogP contribution in [0.3, 0.4) is 0 Å². The Morgan fingerprint density at radius 1 is 1.39 bits per heavy atom. The fraction of sp³-hybridized carbons (Fsp3) is 0.917. The van der Waals surface area contributed by atoms with Crippen molar-refractivity contribution in [3.63, 3.8) is 0 Å². The molecule has 0 bridgehead atoms. The second kappa shape index (κ2) is 4.81. The molecule has 6 heteroatoms. The first-order valence-electron chi connectivity index (χ1n) is 6.21. The number of hydrogen-bond donors (Lipinski definition) is 1. The molecule has 1 fully saturated rings. The highest BCUT2D eigenvalue weighted by Crippen LogP contribution is 2.29. The lowest BCUT2D eigenvalue weighted by Crippen LogP contribution is -2.50. The molecular formula is C12H23NO4S. The molecule has 1 aliphatic rings. The fourth-order valence-corrected chi connectivity index (χ4v) is 3.23. The highest BCUT2D eigenvalue weighted by molar-refractivity contribution is 7.92. The van der Waals surface area contributed by atoms with Crippen LogP contribution in [0.1, 0.15) is 40.5 Å². The van der Waals surface area contributed by atoms with Gasteiger partial charge in [0.15, 0.2) is 9.84 Å². The Kier molecular flexibility index (Phi) is 4.13. The summed E-state index contributed by atoms with van der Waals surface area (Å²) in [5.74, 6) is -0.854. The van der Waals surface area contributed by atoms with E-state index >= 15 is 0 Å². The molecule has 0 aromatic rings. The van der Waals surface area contributed by atoms with Gasteiger partial charge in [-0.1, -0.05) is 0 Å². The lowest BCUT2D eigenvalue weighted by atomic mass is 9.99. The third-order valence-corrected chi connectivity index (χ3v) is 6.40. The molecule has 0 amide bonds. The Morgan fingerprint density at radius 3 is 2.39 bits per heavy atom. The summed E-state index contributed by atoms with van der Waals surface area (Å²) in [6.07, 6.45) is 1.39. The first kappa shape index (κ1) is 15.4. The SMILES string of the molecule is CC1(C(=O)O)CCCN1CCS(=O)(=O)C(C)(C)C. The van der Waals surface area contributed by atoms with Crippen molar-refractivity contribution in [1.82, 2.24) is 4.90 Å². The Morgan fingerprint density at radius 2 is 1.94 bits per heavy atom. The van der Waals surface area contributed by atoms with Crippen LogP contribution in [0.2, 0.25) is 0 Å². The van der Waals surface area contributed by atoms with Crippen LogP contribution in [0, 0.1) is 0 Å². The van der Waals surface area contributed by atoms with Gasteiger partial charge in [-0.15, -0.1) is 0 Å². The largest absolute Gasteiger partial charge is 0.480 e. The van der Waals surface area contributed by atoms with E-state index in [2.05, 4.69) is 0 Å². The Labute approximate surface area is 109 Å². The molecule has 1 aliphatic heterocycles. The smallest absolute Gasteiger partial charge is 0.323 e. The number of carboxylic acids is 1. The van der Waals surface area contributed by atoms with E-state index in [1.165, 1.54) is 0 Å². The zero-order valence-electron chi connectivity index (χ0n) is 11.6. The van der Waals surface area contributed by atoms with Gasteiger partial charge in [0.05, 0.1) is 10.5 Å². The summed E-state index contributed by atoms with van der Waals surface area (Å²) in [4.78, 5) is 13.0. The minimum absolute atomic E-state index is 0.0133. The number of likely N-dealkylation sites (tertiary alicyclic amines) is 1. The summed E-state index contributed by atoms with van der Waals surface area (Å²) in [5.41, 5.74) is -0.909. The van der Waals surface area contributed by atoms with Crippen LogP contribution in [0.25, 0.3) is 0 Å². The van der Waals surface area contributed by atoms with Crippen molar-refractivity contribution < 1.29 is 18.3 Å². The molecule has 5 nitrogen and oxygen atoms in total. The maximum atomic E-state index is 12.0. The topological polar surface area (TPSA) is 74.7 Å². The number of rotatable bonds is 4. The molecule has 0 aliphatic carbocycles. The van der Waals surface area contributed by atoms with Gasteiger partial charge in [0.1, 0.15) is 5.54 Å². The van der Waals surface area contributed by atoms with Gasteiger partial charge in [-0.3, -0.25) is 9.69 Å². The number of aliphatic carboxylic acids is 1. The molecule has 1 unspecified atom stereocenters. The van der Waals surface area contributed by atoms with Crippen LogP contribution in [-0.2, 0) is 14.6 Å². The van der Waals surface area contributed by atoms with E-state index in [9.17, 15) is 18.3 Å². The number of carbonyl (C=O) groups is 1. The van der Waals surface area contributed by atoms with E-state index in [4.69, 9.17) is 0 Å². The van der Waals surface area contributed by atoms with Crippen LogP contribution in [0.15, 0.2) is 0 Å². The first-order chi connectivity index (χ1) is 8.01. The molecule has 0 spiro atoms. The molecule has 18 heavy (non-hydrogen) atoms. The number of sulfone groups is 1. The molecule has 1 heterocycles. The van der Waals surface area contributed by atoms with Crippen molar-refractivity contribution in [2.24, 2.45) is 0 Å². The van der Waals surface area contributed by atoms with Crippen LogP contribution in [0.4, 0.5) is 0 Å². The summed E-state index contributed by atoms with van der Waals surface area (Å²) in [5, 5.41) is 9.24. The van der Waals surface area contributed by atoms with E-state index in [-0.39, 0.29) is 5.75 Å². The average Bonchev–Trinajstić information content (AvgIpc) is 2.56. The summed E-state index contributed by atoms with van der Waals surface area (Å²) in [6, 6.07) is 0. The van der Waals surface area contributed by atoms with Crippen molar-refractivity contribution in [2.75, 3.05) is 18.8 Å². The predicted molar refractivity (Wildman–Crippen MR) is 70.4 cm³/mol. The van der Waals surface area contributed by atoms with Gasteiger partial charge in [-0.25, -0.2) is 8.42 Å². The van der Waals surface area contributed by atoms with Gasteiger partial charge in [0, 0.05) is 6.54 Å². The van der Waals surface area contributed by atoms with Gasteiger partial charge in [-0.2, -0.15) is 0 Å². The second-order valence-corrected chi connectivity index (χ2v) is 8.96. The summed E-state index contributed by atoms with van der Waals surface area (Å²) in [7, 11) is -3.20. The maximum absolute atomic E-state index is 12.0.